The van der Waals surface area contributed by atoms with Crippen molar-refractivity contribution in [1.82, 2.24) is 0 Å². The van der Waals surface area contributed by atoms with Crippen LogP contribution in [0.15, 0.2) is 24.3 Å². The maximum Gasteiger partial charge on any atom is 0.508 e. The van der Waals surface area contributed by atoms with Crippen LogP contribution in [0, 0.1) is 0 Å². The second-order valence-corrected chi connectivity index (χ2v) is 3.84. The molecule has 112 valence electrons. The van der Waals surface area contributed by atoms with Gasteiger partial charge in [0.1, 0.15) is 13.2 Å². The first kappa shape index (κ1) is 20.0. The molecule has 2 N–H and O–H groups in total. The van der Waals surface area contributed by atoms with Crippen LogP contribution in [0.5, 0.6) is 0 Å². The minimum Gasteiger partial charge on any atom is -0.430 e. The molecule has 0 aliphatic heterocycles. The standard InChI is InChI=1S/C11H18O3.C3H8O2/c1-5-9(3)7-13-11(12)14-8-10(4)6-2;4-2-1-3-5/h3-8H2,1-2H3;4-5H,1-3H2. The molecule has 0 bridgehead atoms. The van der Waals surface area contributed by atoms with Crippen molar-refractivity contribution in [2.24, 2.45) is 0 Å². The minimum absolute atomic E-state index is 0.0938. The van der Waals surface area contributed by atoms with Gasteiger partial charge in [-0.2, -0.15) is 0 Å². The summed E-state index contributed by atoms with van der Waals surface area (Å²) < 4.78 is 9.58. The van der Waals surface area contributed by atoms with E-state index in [1.807, 2.05) is 13.8 Å². The lowest BCUT2D eigenvalue weighted by atomic mass is 10.2. The lowest BCUT2D eigenvalue weighted by molar-refractivity contribution is 0.0675. The fourth-order valence-electron chi connectivity index (χ4n) is 0.638. The monoisotopic (exact) mass is 274 g/mol. The second-order valence-electron chi connectivity index (χ2n) is 3.84. The van der Waals surface area contributed by atoms with Gasteiger partial charge in [0.15, 0.2) is 0 Å². The fourth-order valence-corrected chi connectivity index (χ4v) is 0.638. The molecule has 0 aromatic rings. The number of aliphatic hydroxyl groups excluding tert-OH is 2. The number of hydrogen-bond acceptors (Lipinski definition) is 5. The van der Waals surface area contributed by atoms with Crippen molar-refractivity contribution in [3.63, 3.8) is 0 Å². The van der Waals surface area contributed by atoms with Crippen LogP contribution < -0.4 is 0 Å². The molecule has 0 amide bonds. The average molecular weight is 274 g/mol. The van der Waals surface area contributed by atoms with E-state index in [1.54, 1.807) is 0 Å². The number of carbonyl (C=O) groups is 1. The van der Waals surface area contributed by atoms with Gasteiger partial charge in [0.2, 0.25) is 0 Å². The van der Waals surface area contributed by atoms with Gasteiger partial charge in [0.05, 0.1) is 0 Å². The number of hydrogen-bond donors (Lipinski definition) is 2. The van der Waals surface area contributed by atoms with E-state index in [0.717, 1.165) is 24.0 Å². The Morgan fingerprint density at radius 1 is 0.947 bits per heavy atom. The molecule has 0 aromatic heterocycles. The molecule has 0 aromatic carbocycles. The highest BCUT2D eigenvalue weighted by molar-refractivity contribution is 5.60. The summed E-state index contributed by atoms with van der Waals surface area (Å²) in [6.45, 7) is 12.0. The highest BCUT2D eigenvalue weighted by atomic mass is 16.7. The highest BCUT2D eigenvalue weighted by Gasteiger charge is 2.04. The van der Waals surface area contributed by atoms with Gasteiger partial charge in [0.25, 0.3) is 0 Å². The van der Waals surface area contributed by atoms with E-state index < -0.39 is 6.16 Å². The first-order valence-corrected chi connectivity index (χ1v) is 6.36. The molecule has 0 saturated carbocycles. The summed E-state index contributed by atoms with van der Waals surface area (Å²) >= 11 is 0. The fraction of sp³-hybridized carbons (Fsp3) is 0.643. The molecule has 0 atom stereocenters. The van der Waals surface area contributed by atoms with Crippen molar-refractivity contribution in [2.45, 2.75) is 33.1 Å². The molecular formula is C14H26O5. The minimum atomic E-state index is -0.658. The van der Waals surface area contributed by atoms with Gasteiger partial charge in [-0.05, 0) is 30.4 Å². The Morgan fingerprint density at radius 2 is 1.32 bits per heavy atom. The summed E-state index contributed by atoms with van der Waals surface area (Å²) in [4.78, 5) is 11.0. The zero-order valence-electron chi connectivity index (χ0n) is 12.0. The Bertz CT molecular complexity index is 237. The third-order valence-electron chi connectivity index (χ3n) is 2.10. The van der Waals surface area contributed by atoms with Gasteiger partial charge >= 0.3 is 6.16 Å². The summed E-state index contributed by atoms with van der Waals surface area (Å²) in [6.07, 6.45) is 1.44. The van der Waals surface area contributed by atoms with Crippen molar-refractivity contribution in [3.8, 4) is 0 Å². The predicted octanol–water partition coefficient (Wildman–Crippen LogP) is 2.43. The smallest absolute Gasteiger partial charge is 0.430 e. The third kappa shape index (κ3) is 16.7. The molecule has 0 radical (unpaired) electrons. The summed E-state index contributed by atoms with van der Waals surface area (Å²) in [5.74, 6) is 0. The molecule has 0 fully saturated rings. The Labute approximate surface area is 115 Å². The predicted molar refractivity (Wildman–Crippen MR) is 75.0 cm³/mol. The van der Waals surface area contributed by atoms with Crippen LogP contribution in [-0.2, 0) is 9.47 Å². The molecule has 5 heteroatoms. The molecule has 0 rings (SSSR count). The van der Waals surface area contributed by atoms with E-state index in [0.29, 0.717) is 6.42 Å². The second kappa shape index (κ2) is 14.7. The Hall–Kier alpha value is -1.33. The number of ether oxygens (including phenoxy) is 2. The van der Waals surface area contributed by atoms with Crippen molar-refractivity contribution in [2.75, 3.05) is 26.4 Å². The van der Waals surface area contributed by atoms with Crippen molar-refractivity contribution in [3.05, 3.63) is 24.3 Å². The van der Waals surface area contributed by atoms with E-state index >= 15 is 0 Å². The van der Waals surface area contributed by atoms with E-state index in [1.165, 1.54) is 0 Å². The summed E-state index contributed by atoms with van der Waals surface area (Å²) in [5.41, 5.74) is 1.74. The zero-order valence-corrected chi connectivity index (χ0v) is 12.0. The lowest BCUT2D eigenvalue weighted by Gasteiger charge is -2.07. The van der Waals surface area contributed by atoms with Gasteiger partial charge in [-0.15, -0.1) is 0 Å². The number of carbonyl (C=O) groups excluding carboxylic acids is 1. The summed E-state index contributed by atoms with van der Waals surface area (Å²) in [5, 5.41) is 15.8. The van der Waals surface area contributed by atoms with Crippen LogP contribution >= 0.6 is 0 Å². The van der Waals surface area contributed by atoms with Gasteiger partial charge in [-0.3, -0.25) is 0 Å². The van der Waals surface area contributed by atoms with E-state index in [9.17, 15) is 4.79 Å². The maximum atomic E-state index is 11.0. The van der Waals surface area contributed by atoms with Crippen molar-refractivity contribution in [1.29, 1.82) is 0 Å². The van der Waals surface area contributed by atoms with Crippen LogP contribution in [0.1, 0.15) is 33.1 Å². The van der Waals surface area contributed by atoms with Crippen LogP contribution in [0.4, 0.5) is 4.79 Å². The Morgan fingerprint density at radius 3 is 1.53 bits per heavy atom. The quantitative estimate of drug-likeness (QED) is 0.525. The van der Waals surface area contributed by atoms with Crippen LogP contribution in [0.2, 0.25) is 0 Å². The molecular weight excluding hydrogens is 248 g/mol. The third-order valence-corrected chi connectivity index (χ3v) is 2.10. The Kier molecular flexibility index (Phi) is 15.5. The van der Waals surface area contributed by atoms with E-state index in [-0.39, 0.29) is 26.4 Å². The summed E-state index contributed by atoms with van der Waals surface area (Å²) in [7, 11) is 0. The lowest BCUT2D eigenvalue weighted by Crippen LogP contribution is -2.10. The average Bonchev–Trinajstić information content (AvgIpc) is 2.43. The Balaban J connectivity index is 0. The molecule has 0 spiro atoms. The van der Waals surface area contributed by atoms with E-state index in [4.69, 9.17) is 19.7 Å². The van der Waals surface area contributed by atoms with Crippen LogP contribution in [0.3, 0.4) is 0 Å². The zero-order chi connectivity index (χ0) is 15.1. The molecule has 0 unspecified atom stereocenters. The van der Waals surface area contributed by atoms with Gasteiger partial charge in [0, 0.05) is 13.2 Å². The topological polar surface area (TPSA) is 76.0 Å². The van der Waals surface area contributed by atoms with E-state index in [2.05, 4.69) is 13.2 Å². The van der Waals surface area contributed by atoms with Gasteiger partial charge in [-0.1, -0.05) is 27.0 Å². The largest absolute Gasteiger partial charge is 0.508 e. The number of rotatable bonds is 8. The summed E-state index contributed by atoms with van der Waals surface area (Å²) in [6, 6.07) is 0. The number of aliphatic hydroxyl groups is 2. The van der Waals surface area contributed by atoms with Crippen molar-refractivity contribution >= 4 is 6.16 Å². The van der Waals surface area contributed by atoms with Crippen LogP contribution in [-0.4, -0.2) is 42.8 Å². The van der Waals surface area contributed by atoms with Crippen LogP contribution in [0.25, 0.3) is 0 Å². The normalized spacial score (nSPS) is 9.05. The first-order chi connectivity index (χ1) is 9.01. The molecule has 5 nitrogen and oxygen atoms in total. The molecule has 0 heterocycles. The molecule has 0 aliphatic carbocycles. The maximum absolute atomic E-state index is 11.0. The molecule has 0 aliphatic rings. The molecule has 0 saturated heterocycles. The SMILES string of the molecule is C=C(CC)COC(=O)OCC(=C)CC.OCCCO. The molecule has 19 heavy (non-hydrogen) atoms. The van der Waals surface area contributed by atoms with Gasteiger partial charge in [-0.25, -0.2) is 4.79 Å². The first-order valence-electron chi connectivity index (χ1n) is 6.36. The highest BCUT2D eigenvalue weighted by Crippen LogP contribution is 2.01. The van der Waals surface area contributed by atoms with Gasteiger partial charge < -0.3 is 19.7 Å². The van der Waals surface area contributed by atoms with Crippen molar-refractivity contribution < 1.29 is 24.5 Å².